The number of rotatable bonds is 8. The number of aromatic nitrogens is 2. The number of hydrogen-bond donors (Lipinski definition) is 1. The van der Waals surface area contributed by atoms with E-state index in [2.05, 4.69) is 53.4 Å². The monoisotopic (exact) mass is 390 g/mol. The van der Waals surface area contributed by atoms with Crippen molar-refractivity contribution in [2.24, 2.45) is 0 Å². The number of nitrogens with zero attached hydrogens (tertiary/aromatic N) is 3. The highest BCUT2D eigenvalue weighted by atomic mass is 16.1. The fourth-order valence-electron chi connectivity index (χ4n) is 3.53. The van der Waals surface area contributed by atoms with E-state index in [0.29, 0.717) is 12.1 Å². The van der Waals surface area contributed by atoms with Gasteiger partial charge in [-0.1, -0.05) is 56.3 Å². The fourth-order valence-corrected chi connectivity index (χ4v) is 3.53. The van der Waals surface area contributed by atoms with E-state index in [9.17, 15) is 4.79 Å². The molecular weight excluding hydrogens is 360 g/mol. The molecule has 0 bridgehead atoms. The van der Waals surface area contributed by atoms with E-state index < -0.39 is 0 Å². The lowest BCUT2D eigenvalue weighted by Crippen LogP contribution is -2.24. The van der Waals surface area contributed by atoms with Crippen molar-refractivity contribution in [3.8, 4) is 5.69 Å². The van der Waals surface area contributed by atoms with E-state index in [4.69, 9.17) is 0 Å². The van der Waals surface area contributed by atoms with E-state index in [1.165, 1.54) is 5.56 Å². The molecule has 0 aliphatic heterocycles. The Balaban J connectivity index is 1.66. The molecule has 0 fully saturated rings. The van der Waals surface area contributed by atoms with E-state index >= 15 is 0 Å². The van der Waals surface area contributed by atoms with Gasteiger partial charge in [0.05, 0.1) is 22.6 Å². The van der Waals surface area contributed by atoms with Gasteiger partial charge < -0.3 is 5.32 Å². The Bertz CT molecular complexity index is 941. The maximum absolute atomic E-state index is 12.8. The lowest BCUT2D eigenvalue weighted by Gasteiger charge is -2.18. The summed E-state index contributed by atoms with van der Waals surface area (Å²) in [5.41, 5.74) is 5.56. The molecule has 1 heterocycles. The van der Waals surface area contributed by atoms with Gasteiger partial charge in [-0.05, 0) is 50.2 Å². The molecule has 0 aliphatic rings. The van der Waals surface area contributed by atoms with Gasteiger partial charge >= 0.3 is 0 Å². The van der Waals surface area contributed by atoms with Gasteiger partial charge in [0, 0.05) is 13.1 Å². The highest BCUT2D eigenvalue weighted by Crippen LogP contribution is 2.18. The maximum Gasteiger partial charge on any atom is 0.255 e. The summed E-state index contributed by atoms with van der Waals surface area (Å²) in [4.78, 5) is 15.2. The van der Waals surface area contributed by atoms with Crippen LogP contribution in [-0.4, -0.2) is 33.7 Å². The quantitative estimate of drug-likeness (QED) is 0.625. The average Bonchev–Trinajstić information content (AvgIpc) is 3.05. The molecule has 0 atom stereocenters. The minimum atomic E-state index is -0.0885. The van der Waals surface area contributed by atoms with Crippen molar-refractivity contribution in [1.29, 1.82) is 0 Å². The second-order valence-corrected chi connectivity index (χ2v) is 7.25. The van der Waals surface area contributed by atoms with Crippen molar-refractivity contribution in [3.05, 3.63) is 82.7 Å². The SMILES string of the molecule is CCN(CC)Cc1ccc(CNC(=O)c2c(C)nn(-c3ccccc3)c2C)cc1. The third-order valence-electron chi connectivity index (χ3n) is 5.30. The van der Waals surface area contributed by atoms with Crippen molar-refractivity contribution < 1.29 is 4.79 Å². The standard InChI is InChI=1S/C24H30N4O/c1-5-27(6-2)17-21-14-12-20(13-15-21)16-25-24(29)23-18(3)26-28(19(23)4)22-10-8-7-9-11-22/h7-15H,5-6,16-17H2,1-4H3,(H,25,29). The Labute approximate surface area is 173 Å². The molecule has 5 heteroatoms. The molecule has 3 aromatic rings. The van der Waals surface area contributed by atoms with Crippen molar-refractivity contribution in [2.75, 3.05) is 13.1 Å². The smallest absolute Gasteiger partial charge is 0.255 e. The number of carbonyl (C=O) groups excluding carboxylic acids is 1. The van der Waals surface area contributed by atoms with Crippen LogP contribution in [0.4, 0.5) is 0 Å². The zero-order valence-electron chi connectivity index (χ0n) is 17.8. The number of para-hydroxylation sites is 1. The summed E-state index contributed by atoms with van der Waals surface area (Å²) < 4.78 is 1.83. The molecule has 1 aromatic heterocycles. The van der Waals surface area contributed by atoms with Crippen LogP contribution >= 0.6 is 0 Å². The number of hydrogen-bond acceptors (Lipinski definition) is 3. The summed E-state index contributed by atoms with van der Waals surface area (Å²) in [6.07, 6.45) is 0. The van der Waals surface area contributed by atoms with Crippen LogP contribution in [0.5, 0.6) is 0 Å². The lowest BCUT2D eigenvalue weighted by atomic mass is 10.1. The summed E-state index contributed by atoms with van der Waals surface area (Å²) >= 11 is 0. The molecule has 29 heavy (non-hydrogen) atoms. The molecule has 0 aliphatic carbocycles. The fraction of sp³-hybridized carbons (Fsp3) is 0.333. The van der Waals surface area contributed by atoms with Gasteiger partial charge in [0.1, 0.15) is 0 Å². The minimum absolute atomic E-state index is 0.0885. The molecule has 1 N–H and O–H groups in total. The average molecular weight is 391 g/mol. The Morgan fingerprint density at radius 3 is 2.21 bits per heavy atom. The predicted octanol–water partition coefficient (Wildman–Crippen LogP) is 4.26. The zero-order chi connectivity index (χ0) is 20.8. The molecule has 0 spiro atoms. The molecular formula is C24H30N4O. The van der Waals surface area contributed by atoms with E-state index in [1.807, 2.05) is 48.9 Å². The van der Waals surface area contributed by atoms with E-state index in [1.54, 1.807) is 0 Å². The van der Waals surface area contributed by atoms with Crippen LogP contribution in [0.2, 0.25) is 0 Å². The summed E-state index contributed by atoms with van der Waals surface area (Å²) in [6.45, 7) is 11.7. The molecule has 0 saturated carbocycles. The van der Waals surface area contributed by atoms with Crippen molar-refractivity contribution >= 4 is 5.91 Å². The molecule has 0 saturated heterocycles. The Kier molecular flexibility index (Phi) is 6.83. The first kappa shape index (κ1) is 20.8. The van der Waals surface area contributed by atoms with Gasteiger partial charge in [0.25, 0.3) is 5.91 Å². The molecule has 152 valence electrons. The number of amides is 1. The lowest BCUT2D eigenvalue weighted by molar-refractivity contribution is 0.0949. The maximum atomic E-state index is 12.8. The Morgan fingerprint density at radius 2 is 1.59 bits per heavy atom. The van der Waals surface area contributed by atoms with Crippen molar-refractivity contribution in [2.45, 2.75) is 40.8 Å². The van der Waals surface area contributed by atoms with Crippen molar-refractivity contribution in [1.82, 2.24) is 20.0 Å². The summed E-state index contributed by atoms with van der Waals surface area (Å²) in [5.74, 6) is -0.0885. The van der Waals surface area contributed by atoms with E-state index in [0.717, 1.165) is 42.3 Å². The first-order valence-electron chi connectivity index (χ1n) is 10.2. The van der Waals surface area contributed by atoms with Crippen LogP contribution < -0.4 is 5.32 Å². The van der Waals surface area contributed by atoms with Crippen LogP contribution in [0.15, 0.2) is 54.6 Å². The van der Waals surface area contributed by atoms with E-state index in [-0.39, 0.29) is 5.91 Å². The van der Waals surface area contributed by atoms with Gasteiger partial charge in [-0.3, -0.25) is 9.69 Å². The third-order valence-corrected chi connectivity index (χ3v) is 5.30. The van der Waals surface area contributed by atoms with Crippen LogP contribution in [0.1, 0.15) is 46.7 Å². The van der Waals surface area contributed by atoms with Gasteiger partial charge in [-0.25, -0.2) is 4.68 Å². The number of carbonyl (C=O) groups is 1. The van der Waals surface area contributed by atoms with Crippen LogP contribution in [0.3, 0.4) is 0 Å². The van der Waals surface area contributed by atoms with Gasteiger partial charge in [-0.2, -0.15) is 5.10 Å². The Hall–Kier alpha value is -2.92. The highest BCUT2D eigenvalue weighted by molar-refractivity contribution is 5.96. The molecule has 2 aromatic carbocycles. The first-order chi connectivity index (χ1) is 14.0. The molecule has 3 rings (SSSR count). The first-order valence-corrected chi connectivity index (χ1v) is 10.2. The predicted molar refractivity (Wildman–Crippen MR) is 117 cm³/mol. The highest BCUT2D eigenvalue weighted by Gasteiger charge is 2.19. The normalized spacial score (nSPS) is 11.1. The zero-order valence-corrected chi connectivity index (χ0v) is 17.8. The topological polar surface area (TPSA) is 50.2 Å². The summed E-state index contributed by atoms with van der Waals surface area (Å²) in [7, 11) is 0. The molecule has 0 unspecified atom stereocenters. The number of benzene rings is 2. The molecule has 0 radical (unpaired) electrons. The van der Waals surface area contributed by atoms with Crippen LogP contribution in [0.25, 0.3) is 5.69 Å². The van der Waals surface area contributed by atoms with Crippen molar-refractivity contribution in [3.63, 3.8) is 0 Å². The number of aryl methyl sites for hydroxylation is 1. The molecule has 1 amide bonds. The second-order valence-electron chi connectivity index (χ2n) is 7.25. The third kappa shape index (κ3) is 4.93. The van der Waals surface area contributed by atoms with Gasteiger partial charge in [0.15, 0.2) is 0 Å². The van der Waals surface area contributed by atoms with Gasteiger partial charge in [-0.15, -0.1) is 0 Å². The van der Waals surface area contributed by atoms with Crippen LogP contribution in [-0.2, 0) is 13.1 Å². The Morgan fingerprint density at radius 1 is 0.966 bits per heavy atom. The van der Waals surface area contributed by atoms with Gasteiger partial charge in [0.2, 0.25) is 0 Å². The summed E-state index contributed by atoms with van der Waals surface area (Å²) in [5, 5.41) is 7.60. The largest absolute Gasteiger partial charge is 0.348 e. The number of nitrogens with one attached hydrogen (secondary N) is 1. The molecule has 5 nitrogen and oxygen atoms in total. The second kappa shape index (κ2) is 9.52. The summed E-state index contributed by atoms with van der Waals surface area (Å²) in [6, 6.07) is 18.3. The van der Waals surface area contributed by atoms with Crippen LogP contribution in [0, 0.1) is 13.8 Å². The minimum Gasteiger partial charge on any atom is -0.348 e.